The first kappa shape index (κ1) is 12.8. The SMILES string of the molecule is CCOC(=O)c1ccc2c(c1)C[C@@H](CCC=O)C2. The number of hydrogen-bond donors (Lipinski definition) is 0. The van der Waals surface area contributed by atoms with Gasteiger partial charge in [-0.1, -0.05) is 6.07 Å². The van der Waals surface area contributed by atoms with Crippen molar-refractivity contribution >= 4 is 12.3 Å². The van der Waals surface area contributed by atoms with Crippen LogP contribution in [-0.2, 0) is 22.4 Å². The van der Waals surface area contributed by atoms with Crippen LogP contribution in [0.4, 0.5) is 0 Å². The van der Waals surface area contributed by atoms with Crippen LogP contribution in [0.15, 0.2) is 18.2 Å². The third-order valence-corrected chi connectivity index (χ3v) is 3.43. The van der Waals surface area contributed by atoms with Crippen molar-refractivity contribution in [2.45, 2.75) is 32.6 Å². The number of esters is 1. The van der Waals surface area contributed by atoms with E-state index in [1.807, 2.05) is 18.2 Å². The van der Waals surface area contributed by atoms with E-state index in [0.29, 0.717) is 24.5 Å². The standard InChI is InChI=1S/C15H18O3/c1-2-18-15(17)13-6-5-12-8-11(4-3-7-16)9-14(12)10-13/h5-7,10-11H,2-4,8-9H2,1H3/t11-/m0/s1. The van der Waals surface area contributed by atoms with Gasteiger partial charge in [-0.25, -0.2) is 4.79 Å². The number of hydrogen-bond acceptors (Lipinski definition) is 3. The molecule has 0 amide bonds. The third-order valence-electron chi connectivity index (χ3n) is 3.43. The van der Waals surface area contributed by atoms with Crippen LogP contribution < -0.4 is 0 Å². The zero-order chi connectivity index (χ0) is 13.0. The Hall–Kier alpha value is -1.64. The fourth-order valence-electron chi connectivity index (χ4n) is 2.56. The number of rotatable bonds is 5. The smallest absolute Gasteiger partial charge is 0.338 e. The topological polar surface area (TPSA) is 43.4 Å². The van der Waals surface area contributed by atoms with Crippen molar-refractivity contribution in [3.63, 3.8) is 0 Å². The second-order valence-electron chi connectivity index (χ2n) is 4.72. The molecule has 1 aromatic rings. The molecule has 0 saturated heterocycles. The van der Waals surface area contributed by atoms with E-state index >= 15 is 0 Å². The Morgan fingerprint density at radius 3 is 2.89 bits per heavy atom. The van der Waals surface area contributed by atoms with Gasteiger partial charge < -0.3 is 9.53 Å². The van der Waals surface area contributed by atoms with Crippen LogP contribution in [0.5, 0.6) is 0 Å². The molecule has 2 rings (SSSR count). The van der Waals surface area contributed by atoms with E-state index in [1.54, 1.807) is 6.92 Å². The van der Waals surface area contributed by atoms with Gasteiger partial charge >= 0.3 is 5.97 Å². The zero-order valence-corrected chi connectivity index (χ0v) is 10.6. The van der Waals surface area contributed by atoms with Crippen molar-refractivity contribution < 1.29 is 14.3 Å². The van der Waals surface area contributed by atoms with Crippen molar-refractivity contribution in [1.29, 1.82) is 0 Å². The van der Waals surface area contributed by atoms with E-state index in [2.05, 4.69) is 0 Å². The Bertz CT molecular complexity index is 451. The maximum absolute atomic E-state index is 11.6. The van der Waals surface area contributed by atoms with Gasteiger partial charge in [-0.15, -0.1) is 0 Å². The molecule has 0 heterocycles. The molecule has 1 aromatic carbocycles. The summed E-state index contributed by atoms with van der Waals surface area (Å²) in [4.78, 5) is 22.0. The predicted octanol–water partition coefficient (Wildman–Crippen LogP) is 2.56. The summed E-state index contributed by atoms with van der Waals surface area (Å²) >= 11 is 0. The van der Waals surface area contributed by atoms with Gasteiger partial charge in [0, 0.05) is 6.42 Å². The predicted molar refractivity (Wildman–Crippen MR) is 68.6 cm³/mol. The number of carbonyl (C=O) groups is 2. The summed E-state index contributed by atoms with van der Waals surface area (Å²) in [5.74, 6) is 0.291. The van der Waals surface area contributed by atoms with Crippen LogP contribution >= 0.6 is 0 Å². The number of ether oxygens (including phenoxy) is 1. The molecule has 96 valence electrons. The van der Waals surface area contributed by atoms with Crippen molar-refractivity contribution in [3.05, 3.63) is 34.9 Å². The molecule has 0 aliphatic heterocycles. The molecular formula is C15H18O3. The number of benzene rings is 1. The van der Waals surface area contributed by atoms with Crippen LogP contribution in [0.2, 0.25) is 0 Å². The first-order valence-electron chi connectivity index (χ1n) is 6.47. The minimum atomic E-state index is -0.253. The highest BCUT2D eigenvalue weighted by molar-refractivity contribution is 5.89. The lowest BCUT2D eigenvalue weighted by Gasteiger charge is -2.04. The number of fused-ring (bicyclic) bond motifs is 1. The summed E-state index contributed by atoms with van der Waals surface area (Å²) in [7, 11) is 0. The van der Waals surface area contributed by atoms with E-state index in [-0.39, 0.29) is 5.97 Å². The average Bonchev–Trinajstić information content (AvgIpc) is 2.78. The summed E-state index contributed by atoms with van der Waals surface area (Å²) < 4.78 is 4.99. The molecule has 0 bridgehead atoms. The van der Waals surface area contributed by atoms with E-state index < -0.39 is 0 Å². The number of aldehydes is 1. The third kappa shape index (κ3) is 2.78. The van der Waals surface area contributed by atoms with Gasteiger partial charge in [0.05, 0.1) is 12.2 Å². The van der Waals surface area contributed by atoms with Crippen molar-refractivity contribution in [1.82, 2.24) is 0 Å². The van der Waals surface area contributed by atoms with Crippen LogP contribution in [-0.4, -0.2) is 18.9 Å². The summed E-state index contributed by atoms with van der Waals surface area (Å²) in [5.41, 5.74) is 3.17. The van der Waals surface area contributed by atoms with Gasteiger partial charge in [0.2, 0.25) is 0 Å². The molecule has 1 atom stereocenters. The first-order chi connectivity index (χ1) is 8.74. The molecule has 0 unspecified atom stereocenters. The molecule has 0 aromatic heterocycles. The average molecular weight is 246 g/mol. The Morgan fingerprint density at radius 2 is 2.17 bits per heavy atom. The lowest BCUT2D eigenvalue weighted by atomic mass is 10.0. The molecule has 0 saturated carbocycles. The number of carbonyl (C=O) groups excluding carboxylic acids is 2. The monoisotopic (exact) mass is 246 g/mol. The molecule has 0 radical (unpaired) electrons. The maximum atomic E-state index is 11.6. The van der Waals surface area contributed by atoms with E-state index in [4.69, 9.17) is 4.74 Å². The molecular weight excluding hydrogens is 228 g/mol. The normalized spacial score (nSPS) is 17.3. The van der Waals surface area contributed by atoms with Gasteiger partial charge in [-0.05, 0) is 55.4 Å². The summed E-state index contributed by atoms with van der Waals surface area (Å²) in [6.07, 6.45) is 4.53. The van der Waals surface area contributed by atoms with Crippen LogP contribution in [0.1, 0.15) is 41.3 Å². The van der Waals surface area contributed by atoms with Crippen LogP contribution in [0.3, 0.4) is 0 Å². The quantitative estimate of drug-likeness (QED) is 0.592. The highest BCUT2D eigenvalue weighted by Gasteiger charge is 2.22. The van der Waals surface area contributed by atoms with Gasteiger partial charge in [-0.2, -0.15) is 0 Å². The van der Waals surface area contributed by atoms with Gasteiger partial charge in [0.15, 0.2) is 0 Å². The second-order valence-corrected chi connectivity index (χ2v) is 4.72. The molecule has 3 nitrogen and oxygen atoms in total. The fraction of sp³-hybridized carbons (Fsp3) is 0.467. The minimum absolute atomic E-state index is 0.253. The first-order valence-corrected chi connectivity index (χ1v) is 6.47. The minimum Gasteiger partial charge on any atom is -0.462 e. The molecule has 1 aliphatic carbocycles. The lowest BCUT2D eigenvalue weighted by Crippen LogP contribution is -2.05. The van der Waals surface area contributed by atoms with E-state index in [0.717, 1.165) is 25.5 Å². The molecule has 0 spiro atoms. The molecule has 0 N–H and O–H groups in total. The maximum Gasteiger partial charge on any atom is 0.338 e. The van der Waals surface area contributed by atoms with Gasteiger partial charge in [0.25, 0.3) is 0 Å². The van der Waals surface area contributed by atoms with Crippen LogP contribution in [0, 0.1) is 5.92 Å². The largest absolute Gasteiger partial charge is 0.462 e. The zero-order valence-electron chi connectivity index (χ0n) is 10.6. The van der Waals surface area contributed by atoms with Gasteiger partial charge in [-0.3, -0.25) is 0 Å². The van der Waals surface area contributed by atoms with E-state index in [9.17, 15) is 9.59 Å². The molecule has 3 heteroatoms. The lowest BCUT2D eigenvalue weighted by molar-refractivity contribution is -0.108. The highest BCUT2D eigenvalue weighted by Crippen LogP contribution is 2.30. The van der Waals surface area contributed by atoms with Crippen molar-refractivity contribution in [2.75, 3.05) is 6.61 Å². The summed E-state index contributed by atoms with van der Waals surface area (Å²) in [6.45, 7) is 2.21. The summed E-state index contributed by atoms with van der Waals surface area (Å²) in [6, 6.07) is 5.79. The van der Waals surface area contributed by atoms with Crippen molar-refractivity contribution in [3.8, 4) is 0 Å². The Morgan fingerprint density at radius 1 is 1.39 bits per heavy atom. The Labute approximate surface area is 107 Å². The Balaban J connectivity index is 2.07. The molecule has 18 heavy (non-hydrogen) atoms. The summed E-state index contributed by atoms with van der Waals surface area (Å²) in [5, 5.41) is 0. The molecule has 0 fully saturated rings. The van der Waals surface area contributed by atoms with E-state index in [1.165, 1.54) is 11.1 Å². The second kappa shape index (κ2) is 5.80. The van der Waals surface area contributed by atoms with Crippen LogP contribution in [0.25, 0.3) is 0 Å². The fourth-order valence-corrected chi connectivity index (χ4v) is 2.56. The van der Waals surface area contributed by atoms with Gasteiger partial charge in [0.1, 0.15) is 6.29 Å². The highest BCUT2D eigenvalue weighted by atomic mass is 16.5. The Kier molecular flexibility index (Phi) is 4.13. The van der Waals surface area contributed by atoms with Crippen molar-refractivity contribution in [2.24, 2.45) is 5.92 Å². The molecule has 1 aliphatic rings.